The monoisotopic (exact) mass is 557 g/mol. The molecule has 7 nitrogen and oxygen atoms in total. The predicted octanol–water partition coefficient (Wildman–Crippen LogP) is 5.51. The summed E-state index contributed by atoms with van der Waals surface area (Å²) in [5.74, 6) is -0.409. The molecule has 1 saturated heterocycles. The van der Waals surface area contributed by atoms with Crippen LogP contribution in [0.5, 0.6) is 11.5 Å². The first-order valence-corrected chi connectivity index (χ1v) is 12.6. The highest BCUT2D eigenvalue weighted by molar-refractivity contribution is 7.80. The van der Waals surface area contributed by atoms with Crippen molar-refractivity contribution < 1.29 is 32.2 Å². The molecule has 204 valence electrons. The Kier molecular flexibility index (Phi) is 8.70. The molecular formula is C28H26F3N3O4S. The van der Waals surface area contributed by atoms with Crippen LogP contribution in [0, 0.1) is 0 Å². The quantitative estimate of drug-likeness (QED) is 0.332. The molecule has 1 atom stereocenters. The molecule has 1 N–H and O–H groups in total. The molecule has 4 rings (SSSR count). The maximum Gasteiger partial charge on any atom is 0.573 e. The average molecular weight is 558 g/mol. The zero-order valence-corrected chi connectivity index (χ0v) is 21.8. The van der Waals surface area contributed by atoms with Gasteiger partial charge in [0.25, 0.3) is 5.91 Å². The number of carbonyl (C=O) groups excluding carboxylic acids is 2. The van der Waals surface area contributed by atoms with Crippen LogP contribution in [-0.4, -0.2) is 45.7 Å². The number of ether oxygens (including phenoxy) is 2. The fourth-order valence-electron chi connectivity index (χ4n) is 4.16. The number of hydrogen-bond acceptors (Lipinski definition) is 5. The Labute approximate surface area is 229 Å². The first-order chi connectivity index (χ1) is 18.6. The standard InChI is InChI=1S/C28H26F3N3O4S/c1-2-37-22-14-10-21(11-15-22)32-25(35)16-24-26(36)34(18-19-6-4-3-5-7-19)27(39)33(24)17-20-8-12-23(13-9-20)38-28(29,30)31/h3-15,24H,2,16-18H2,1H3,(H,32,35). The number of rotatable bonds is 10. The topological polar surface area (TPSA) is 71.1 Å². The molecule has 0 radical (unpaired) electrons. The second-order valence-corrected chi connectivity index (χ2v) is 9.10. The van der Waals surface area contributed by atoms with Gasteiger partial charge >= 0.3 is 6.36 Å². The van der Waals surface area contributed by atoms with Gasteiger partial charge < -0.3 is 19.7 Å². The second kappa shape index (κ2) is 12.2. The van der Waals surface area contributed by atoms with Crippen LogP contribution < -0.4 is 14.8 Å². The van der Waals surface area contributed by atoms with E-state index in [0.717, 1.165) is 5.56 Å². The number of thiocarbonyl (C=S) groups is 1. The van der Waals surface area contributed by atoms with E-state index < -0.39 is 12.4 Å². The fourth-order valence-corrected chi connectivity index (χ4v) is 4.51. The first-order valence-electron chi connectivity index (χ1n) is 12.2. The number of amides is 2. The van der Waals surface area contributed by atoms with Gasteiger partial charge in [-0.2, -0.15) is 0 Å². The van der Waals surface area contributed by atoms with Gasteiger partial charge in [-0.3, -0.25) is 14.5 Å². The molecule has 2 amide bonds. The van der Waals surface area contributed by atoms with Crippen molar-refractivity contribution in [1.29, 1.82) is 0 Å². The normalized spacial score (nSPS) is 15.4. The molecule has 1 aliphatic heterocycles. The van der Waals surface area contributed by atoms with E-state index in [-0.39, 0.29) is 42.2 Å². The Balaban J connectivity index is 1.51. The highest BCUT2D eigenvalue weighted by Crippen LogP contribution is 2.28. The number of alkyl halides is 3. The minimum Gasteiger partial charge on any atom is -0.494 e. The van der Waals surface area contributed by atoms with Crippen molar-refractivity contribution in [2.75, 3.05) is 11.9 Å². The number of nitrogens with one attached hydrogen (secondary N) is 1. The highest BCUT2D eigenvalue weighted by Gasteiger charge is 2.43. The second-order valence-electron chi connectivity index (χ2n) is 8.74. The molecule has 1 unspecified atom stereocenters. The third-order valence-electron chi connectivity index (χ3n) is 5.93. The van der Waals surface area contributed by atoms with Crippen molar-refractivity contribution in [3.05, 3.63) is 90.0 Å². The van der Waals surface area contributed by atoms with Gasteiger partial charge in [0.1, 0.15) is 17.5 Å². The Morgan fingerprint density at radius 3 is 2.15 bits per heavy atom. The first kappa shape index (κ1) is 27.9. The summed E-state index contributed by atoms with van der Waals surface area (Å²) in [6.45, 7) is 2.73. The summed E-state index contributed by atoms with van der Waals surface area (Å²) < 4.78 is 47.0. The van der Waals surface area contributed by atoms with Gasteiger partial charge in [-0.25, -0.2) is 0 Å². The van der Waals surface area contributed by atoms with Gasteiger partial charge in [-0.15, -0.1) is 13.2 Å². The minimum absolute atomic E-state index is 0.114. The zero-order valence-electron chi connectivity index (χ0n) is 21.0. The summed E-state index contributed by atoms with van der Waals surface area (Å²) in [5, 5.41) is 3.03. The summed E-state index contributed by atoms with van der Waals surface area (Å²) in [6.07, 6.45) is -4.98. The van der Waals surface area contributed by atoms with E-state index in [9.17, 15) is 22.8 Å². The lowest BCUT2D eigenvalue weighted by molar-refractivity contribution is -0.274. The van der Waals surface area contributed by atoms with Gasteiger partial charge in [-0.1, -0.05) is 42.5 Å². The average Bonchev–Trinajstić information content (AvgIpc) is 3.10. The van der Waals surface area contributed by atoms with Crippen molar-refractivity contribution in [3.8, 4) is 11.5 Å². The molecule has 1 heterocycles. The molecule has 11 heteroatoms. The maximum absolute atomic E-state index is 13.5. The number of hydrogen-bond donors (Lipinski definition) is 1. The van der Waals surface area contributed by atoms with Gasteiger partial charge in [-0.05, 0) is 66.7 Å². The third kappa shape index (κ3) is 7.47. The Morgan fingerprint density at radius 2 is 1.54 bits per heavy atom. The van der Waals surface area contributed by atoms with E-state index in [1.54, 1.807) is 29.2 Å². The number of halogens is 3. The van der Waals surface area contributed by atoms with Crippen LogP contribution in [0.2, 0.25) is 0 Å². The van der Waals surface area contributed by atoms with Crippen molar-refractivity contribution in [1.82, 2.24) is 9.80 Å². The summed E-state index contributed by atoms with van der Waals surface area (Å²) in [4.78, 5) is 29.5. The molecule has 1 aliphatic rings. The molecule has 0 saturated carbocycles. The van der Waals surface area contributed by atoms with E-state index in [0.29, 0.717) is 23.6 Å². The number of anilines is 1. The molecule has 3 aromatic carbocycles. The van der Waals surface area contributed by atoms with Crippen molar-refractivity contribution >= 4 is 34.8 Å². The van der Waals surface area contributed by atoms with Crippen LogP contribution in [0.25, 0.3) is 0 Å². The lowest BCUT2D eigenvalue weighted by atomic mass is 10.1. The Bertz CT molecular complexity index is 1300. The summed E-state index contributed by atoms with van der Waals surface area (Å²) in [5.41, 5.74) is 2.00. The number of carbonyl (C=O) groups is 2. The molecule has 0 aliphatic carbocycles. The van der Waals surface area contributed by atoms with E-state index in [1.807, 2.05) is 37.3 Å². The lowest BCUT2D eigenvalue weighted by Gasteiger charge is -2.24. The molecule has 0 spiro atoms. The van der Waals surface area contributed by atoms with Crippen LogP contribution in [0.1, 0.15) is 24.5 Å². The fraction of sp³-hybridized carbons (Fsp3) is 0.250. The summed E-state index contributed by atoms with van der Waals surface area (Å²) in [7, 11) is 0. The Morgan fingerprint density at radius 1 is 0.923 bits per heavy atom. The van der Waals surface area contributed by atoms with E-state index in [4.69, 9.17) is 17.0 Å². The molecule has 1 fully saturated rings. The van der Waals surface area contributed by atoms with Crippen LogP contribution in [-0.2, 0) is 22.7 Å². The highest BCUT2D eigenvalue weighted by atomic mass is 32.1. The zero-order chi connectivity index (χ0) is 28.0. The van der Waals surface area contributed by atoms with Crippen LogP contribution in [0.4, 0.5) is 18.9 Å². The third-order valence-corrected chi connectivity index (χ3v) is 6.38. The molecule has 0 aromatic heterocycles. The largest absolute Gasteiger partial charge is 0.573 e. The van der Waals surface area contributed by atoms with E-state index in [1.165, 1.54) is 29.2 Å². The van der Waals surface area contributed by atoms with Crippen LogP contribution in [0.15, 0.2) is 78.9 Å². The minimum atomic E-state index is -4.80. The maximum atomic E-state index is 13.5. The molecule has 39 heavy (non-hydrogen) atoms. The smallest absolute Gasteiger partial charge is 0.494 e. The van der Waals surface area contributed by atoms with Crippen molar-refractivity contribution in [2.24, 2.45) is 0 Å². The molecule has 0 bridgehead atoms. The SMILES string of the molecule is CCOc1ccc(NC(=O)CC2C(=O)N(Cc3ccccc3)C(=S)N2Cc2ccc(OC(F)(F)F)cc2)cc1. The van der Waals surface area contributed by atoms with E-state index in [2.05, 4.69) is 10.1 Å². The van der Waals surface area contributed by atoms with Crippen molar-refractivity contribution in [2.45, 2.75) is 38.8 Å². The van der Waals surface area contributed by atoms with Gasteiger partial charge in [0.15, 0.2) is 5.11 Å². The van der Waals surface area contributed by atoms with Crippen LogP contribution in [0.3, 0.4) is 0 Å². The number of nitrogens with zero attached hydrogens (tertiary/aromatic N) is 2. The van der Waals surface area contributed by atoms with Crippen LogP contribution >= 0.6 is 12.2 Å². The Hall–Kier alpha value is -4.12. The molecule has 3 aromatic rings. The molecular weight excluding hydrogens is 531 g/mol. The van der Waals surface area contributed by atoms with Crippen molar-refractivity contribution in [3.63, 3.8) is 0 Å². The van der Waals surface area contributed by atoms with Gasteiger partial charge in [0.05, 0.1) is 19.6 Å². The van der Waals surface area contributed by atoms with Gasteiger partial charge in [0, 0.05) is 12.2 Å². The lowest BCUT2D eigenvalue weighted by Crippen LogP contribution is -2.37. The summed E-state index contributed by atoms with van der Waals surface area (Å²) >= 11 is 5.65. The number of benzene rings is 3. The van der Waals surface area contributed by atoms with Gasteiger partial charge in [0.2, 0.25) is 5.91 Å². The summed E-state index contributed by atoms with van der Waals surface area (Å²) in [6, 6.07) is 20.6. The van der Waals surface area contributed by atoms with E-state index >= 15 is 0 Å². The predicted molar refractivity (Wildman–Crippen MR) is 143 cm³/mol.